The number of aromatic nitrogens is 2. The standard InChI is InChI=1S/C16H22ClN3O/c1-12(2)18-10-14-4-6-15(7-5-14)21-9-8-20-13(3)16(17)11-19-20/h4-7,11-12,18H,8-10H2,1-3H3. The van der Waals surface area contributed by atoms with Crippen LogP contribution in [0.3, 0.4) is 0 Å². The van der Waals surface area contributed by atoms with Gasteiger partial charge in [-0.05, 0) is 24.6 Å². The van der Waals surface area contributed by atoms with Crippen LogP contribution >= 0.6 is 11.6 Å². The van der Waals surface area contributed by atoms with E-state index in [9.17, 15) is 0 Å². The second-order valence-corrected chi connectivity index (χ2v) is 5.74. The van der Waals surface area contributed by atoms with Gasteiger partial charge in [0.05, 0.1) is 23.5 Å². The zero-order chi connectivity index (χ0) is 15.2. The van der Waals surface area contributed by atoms with E-state index >= 15 is 0 Å². The van der Waals surface area contributed by atoms with Gasteiger partial charge in [0.15, 0.2) is 0 Å². The van der Waals surface area contributed by atoms with Crippen LogP contribution in [0, 0.1) is 6.92 Å². The molecule has 1 aromatic carbocycles. The number of hydrogen-bond donors (Lipinski definition) is 1. The summed E-state index contributed by atoms with van der Waals surface area (Å²) in [7, 11) is 0. The van der Waals surface area contributed by atoms with Crippen LogP contribution in [-0.4, -0.2) is 22.4 Å². The lowest BCUT2D eigenvalue weighted by Gasteiger charge is -2.10. The highest BCUT2D eigenvalue weighted by atomic mass is 35.5. The molecule has 0 aliphatic rings. The Kier molecular flexibility index (Phi) is 5.65. The van der Waals surface area contributed by atoms with Crippen LogP contribution in [0.4, 0.5) is 0 Å². The van der Waals surface area contributed by atoms with Crippen LogP contribution in [0.15, 0.2) is 30.5 Å². The molecular weight excluding hydrogens is 286 g/mol. The summed E-state index contributed by atoms with van der Waals surface area (Å²) in [5.74, 6) is 0.874. The molecule has 1 aromatic heterocycles. The predicted octanol–water partition coefficient (Wildman–Crippen LogP) is 3.42. The van der Waals surface area contributed by atoms with E-state index in [-0.39, 0.29) is 0 Å². The summed E-state index contributed by atoms with van der Waals surface area (Å²) in [4.78, 5) is 0. The SMILES string of the molecule is Cc1c(Cl)cnn1CCOc1ccc(CNC(C)C)cc1. The quantitative estimate of drug-likeness (QED) is 0.852. The Bertz CT molecular complexity index is 563. The minimum atomic E-state index is 0.491. The summed E-state index contributed by atoms with van der Waals surface area (Å²) in [6, 6.07) is 8.66. The van der Waals surface area contributed by atoms with Crippen LogP contribution in [-0.2, 0) is 13.1 Å². The summed E-state index contributed by atoms with van der Waals surface area (Å²) in [6.45, 7) is 8.37. The van der Waals surface area contributed by atoms with Gasteiger partial charge in [0.25, 0.3) is 0 Å². The summed E-state index contributed by atoms with van der Waals surface area (Å²) in [6.07, 6.45) is 1.66. The monoisotopic (exact) mass is 307 g/mol. The Morgan fingerprint density at radius 3 is 2.57 bits per heavy atom. The fourth-order valence-corrected chi connectivity index (χ4v) is 2.07. The molecule has 1 N–H and O–H groups in total. The maximum absolute atomic E-state index is 5.96. The van der Waals surface area contributed by atoms with E-state index in [2.05, 4.69) is 36.4 Å². The number of benzene rings is 1. The van der Waals surface area contributed by atoms with E-state index in [0.717, 1.165) is 18.0 Å². The van der Waals surface area contributed by atoms with Crippen molar-refractivity contribution < 1.29 is 4.74 Å². The summed E-state index contributed by atoms with van der Waals surface area (Å²) < 4.78 is 7.58. The molecule has 114 valence electrons. The van der Waals surface area contributed by atoms with Gasteiger partial charge in [-0.15, -0.1) is 0 Å². The minimum absolute atomic E-state index is 0.491. The van der Waals surface area contributed by atoms with Crippen molar-refractivity contribution in [1.82, 2.24) is 15.1 Å². The minimum Gasteiger partial charge on any atom is -0.492 e. The second kappa shape index (κ2) is 7.48. The van der Waals surface area contributed by atoms with Crippen LogP contribution in [0.25, 0.3) is 0 Å². The lowest BCUT2D eigenvalue weighted by Crippen LogP contribution is -2.21. The first-order valence-electron chi connectivity index (χ1n) is 7.19. The van der Waals surface area contributed by atoms with Crippen molar-refractivity contribution in [3.8, 4) is 5.75 Å². The molecule has 4 nitrogen and oxygen atoms in total. The third-order valence-corrected chi connectivity index (χ3v) is 3.62. The van der Waals surface area contributed by atoms with Crippen LogP contribution in [0.5, 0.6) is 5.75 Å². The van der Waals surface area contributed by atoms with Gasteiger partial charge in [0, 0.05) is 12.6 Å². The molecule has 2 rings (SSSR count). The zero-order valence-electron chi connectivity index (χ0n) is 12.8. The van der Waals surface area contributed by atoms with Gasteiger partial charge >= 0.3 is 0 Å². The number of halogens is 1. The highest BCUT2D eigenvalue weighted by Gasteiger charge is 2.03. The second-order valence-electron chi connectivity index (χ2n) is 5.33. The van der Waals surface area contributed by atoms with E-state index in [1.165, 1.54) is 5.56 Å². The van der Waals surface area contributed by atoms with Gasteiger partial charge in [0.2, 0.25) is 0 Å². The molecule has 0 aliphatic heterocycles. The number of nitrogens with one attached hydrogen (secondary N) is 1. The van der Waals surface area contributed by atoms with E-state index in [1.54, 1.807) is 6.20 Å². The molecule has 0 spiro atoms. The Morgan fingerprint density at radius 1 is 1.29 bits per heavy atom. The summed E-state index contributed by atoms with van der Waals surface area (Å²) in [5.41, 5.74) is 2.22. The molecule has 0 aliphatic carbocycles. The predicted molar refractivity (Wildman–Crippen MR) is 85.9 cm³/mol. The number of nitrogens with zero attached hydrogens (tertiary/aromatic N) is 2. The molecule has 0 atom stereocenters. The Hall–Kier alpha value is -1.52. The molecule has 2 aromatic rings. The van der Waals surface area contributed by atoms with Crippen molar-refractivity contribution in [2.24, 2.45) is 0 Å². The summed E-state index contributed by atoms with van der Waals surface area (Å²) in [5, 5.41) is 8.28. The van der Waals surface area contributed by atoms with Gasteiger partial charge in [0.1, 0.15) is 12.4 Å². The molecule has 0 saturated carbocycles. The van der Waals surface area contributed by atoms with E-state index in [4.69, 9.17) is 16.3 Å². The third-order valence-electron chi connectivity index (χ3n) is 3.25. The van der Waals surface area contributed by atoms with Crippen molar-refractivity contribution >= 4 is 11.6 Å². The molecule has 0 saturated heterocycles. The Morgan fingerprint density at radius 2 is 2.00 bits per heavy atom. The number of rotatable bonds is 7. The molecule has 1 heterocycles. The maximum atomic E-state index is 5.96. The van der Waals surface area contributed by atoms with Gasteiger partial charge in [-0.25, -0.2) is 0 Å². The number of hydrogen-bond acceptors (Lipinski definition) is 3. The Labute approximate surface area is 131 Å². The lowest BCUT2D eigenvalue weighted by molar-refractivity contribution is 0.290. The van der Waals surface area contributed by atoms with Gasteiger partial charge in [-0.2, -0.15) is 5.10 Å². The smallest absolute Gasteiger partial charge is 0.119 e. The van der Waals surface area contributed by atoms with Gasteiger partial charge in [-0.3, -0.25) is 4.68 Å². The first-order valence-corrected chi connectivity index (χ1v) is 7.57. The van der Waals surface area contributed by atoms with E-state index in [1.807, 2.05) is 23.7 Å². The molecule has 0 bridgehead atoms. The molecule has 5 heteroatoms. The topological polar surface area (TPSA) is 39.1 Å². The van der Waals surface area contributed by atoms with Crippen LogP contribution in [0.1, 0.15) is 25.1 Å². The largest absolute Gasteiger partial charge is 0.492 e. The molecule has 21 heavy (non-hydrogen) atoms. The maximum Gasteiger partial charge on any atom is 0.119 e. The van der Waals surface area contributed by atoms with Gasteiger partial charge < -0.3 is 10.1 Å². The van der Waals surface area contributed by atoms with Crippen molar-refractivity contribution in [3.05, 3.63) is 46.7 Å². The van der Waals surface area contributed by atoms with Crippen LogP contribution in [0.2, 0.25) is 5.02 Å². The van der Waals surface area contributed by atoms with Crippen molar-refractivity contribution in [2.45, 2.75) is 39.9 Å². The lowest BCUT2D eigenvalue weighted by atomic mass is 10.2. The normalized spacial score (nSPS) is 11.1. The van der Waals surface area contributed by atoms with Crippen LogP contribution < -0.4 is 10.1 Å². The molecule has 0 radical (unpaired) electrons. The summed E-state index contributed by atoms with van der Waals surface area (Å²) >= 11 is 5.96. The van der Waals surface area contributed by atoms with Gasteiger partial charge in [-0.1, -0.05) is 37.6 Å². The van der Waals surface area contributed by atoms with Crippen molar-refractivity contribution in [1.29, 1.82) is 0 Å². The van der Waals surface area contributed by atoms with E-state index < -0.39 is 0 Å². The average Bonchev–Trinajstić information content (AvgIpc) is 2.78. The van der Waals surface area contributed by atoms with E-state index in [0.29, 0.717) is 24.2 Å². The van der Waals surface area contributed by atoms with Crippen molar-refractivity contribution in [3.63, 3.8) is 0 Å². The highest BCUT2D eigenvalue weighted by molar-refractivity contribution is 6.31. The number of ether oxygens (including phenoxy) is 1. The fraction of sp³-hybridized carbons (Fsp3) is 0.438. The molecule has 0 unspecified atom stereocenters. The average molecular weight is 308 g/mol. The third kappa shape index (κ3) is 4.76. The molecule has 0 amide bonds. The molecular formula is C16H22ClN3O. The first kappa shape index (κ1) is 15.9. The fourth-order valence-electron chi connectivity index (χ4n) is 1.92. The highest BCUT2D eigenvalue weighted by Crippen LogP contribution is 2.14. The Balaban J connectivity index is 1.79. The zero-order valence-corrected chi connectivity index (χ0v) is 13.5. The van der Waals surface area contributed by atoms with Crippen molar-refractivity contribution in [2.75, 3.05) is 6.61 Å². The molecule has 0 fully saturated rings. The first-order chi connectivity index (χ1) is 10.1.